The Balaban J connectivity index is 1.20. The molecular formula is C22H34N2O2. The van der Waals surface area contributed by atoms with Crippen molar-refractivity contribution in [3.05, 3.63) is 0 Å². The van der Waals surface area contributed by atoms with Crippen molar-refractivity contribution in [1.82, 2.24) is 9.80 Å². The molecule has 26 heavy (non-hydrogen) atoms. The van der Waals surface area contributed by atoms with Gasteiger partial charge in [0.2, 0.25) is 11.8 Å². The predicted molar refractivity (Wildman–Crippen MR) is 100 cm³/mol. The molecule has 0 aromatic rings. The molecule has 0 atom stereocenters. The van der Waals surface area contributed by atoms with Crippen LogP contribution in [0.25, 0.3) is 0 Å². The summed E-state index contributed by atoms with van der Waals surface area (Å²) in [7, 11) is 0. The van der Waals surface area contributed by atoms with Gasteiger partial charge in [-0.3, -0.25) is 9.59 Å². The molecule has 4 bridgehead atoms. The minimum absolute atomic E-state index is 0.0154. The number of carbonyl (C=O) groups excluding carboxylic acids is 2. The second-order valence-electron chi connectivity index (χ2n) is 10.2. The first-order valence-corrected chi connectivity index (χ1v) is 11.2. The summed E-state index contributed by atoms with van der Waals surface area (Å²) in [5.74, 6) is 3.45. The van der Waals surface area contributed by atoms with Crippen molar-refractivity contribution < 1.29 is 9.59 Å². The summed E-state index contributed by atoms with van der Waals surface area (Å²) in [6.45, 7) is 3.52. The van der Waals surface area contributed by atoms with Crippen LogP contribution in [0.4, 0.5) is 0 Å². The number of hydrogen-bond acceptors (Lipinski definition) is 2. The van der Waals surface area contributed by atoms with Crippen LogP contribution < -0.4 is 0 Å². The van der Waals surface area contributed by atoms with E-state index in [1.165, 1.54) is 25.7 Å². The summed E-state index contributed by atoms with van der Waals surface area (Å²) in [6, 6.07) is 0. The molecule has 4 heteroatoms. The van der Waals surface area contributed by atoms with Gasteiger partial charge in [0.05, 0.1) is 5.41 Å². The highest BCUT2D eigenvalue weighted by Crippen LogP contribution is 2.60. The number of rotatable bonds is 2. The van der Waals surface area contributed by atoms with E-state index in [4.69, 9.17) is 0 Å². The minimum atomic E-state index is -0.0154. The topological polar surface area (TPSA) is 40.6 Å². The molecule has 2 aliphatic heterocycles. The van der Waals surface area contributed by atoms with Crippen molar-refractivity contribution >= 4 is 11.8 Å². The van der Waals surface area contributed by atoms with Gasteiger partial charge < -0.3 is 9.80 Å². The molecule has 144 valence electrons. The molecule has 2 saturated heterocycles. The lowest BCUT2D eigenvalue weighted by Crippen LogP contribution is -2.56. The average Bonchev–Trinajstić information content (AvgIpc) is 2.67. The second kappa shape index (κ2) is 6.53. The van der Waals surface area contributed by atoms with Gasteiger partial charge in [-0.1, -0.05) is 0 Å². The van der Waals surface area contributed by atoms with Gasteiger partial charge in [-0.25, -0.2) is 0 Å². The summed E-state index contributed by atoms with van der Waals surface area (Å²) in [6.07, 6.45) is 13.0. The van der Waals surface area contributed by atoms with E-state index in [-0.39, 0.29) is 11.3 Å². The molecule has 6 fully saturated rings. The van der Waals surface area contributed by atoms with Gasteiger partial charge >= 0.3 is 0 Å². The first kappa shape index (κ1) is 17.1. The van der Waals surface area contributed by atoms with Gasteiger partial charge in [-0.15, -0.1) is 0 Å². The zero-order valence-electron chi connectivity index (χ0n) is 16.1. The SMILES string of the molecule is O=C(C1CCN(C(=O)C23CC4CC(CC(C4)C2)C3)CC1)N1CCCCC1. The quantitative estimate of drug-likeness (QED) is 0.758. The van der Waals surface area contributed by atoms with Crippen molar-refractivity contribution in [3.8, 4) is 0 Å². The Labute approximate surface area is 157 Å². The van der Waals surface area contributed by atoms with Crippen LogP contribution in [0, 0.1) is 29.1 Å². The lowest BCUT2D eigenvalue weighted by Gasteiger charge is -2.57. The summed E-state index contributed by atoms with van der Waals surface area (Å²) in [5.41, 5.74) is -0.0154. The van der Waals surface area contributed by atoms with Crippen molar-refractivity contribution in [3.63, 3.8) is 0 Å². The zero-order chi connectivity index (χ0) is 17.7. The molecule has 4 aliphatic carbocycles. The summed E-state index contributed by atoms with van der Waals surface area (Å²) in [5, 5.41) is 0. The summed E-state index contributed by atoms with van der Waals surface area (Å²) >= 11 is 0. The number of likely N-dealkylation sites (tertiary alicyclic amines) is 2. The van der Waals surface area contributed by atoms with Crippen LogP contribution in [0.2, 0.25) is 0 Å². The highest BCUT2D eigenvalue weighted by atomic mass is 16.2. The maximum absolute atomic E-state index is 13.5. The van der Waals surface area contributed by atoms with Crippen LogP contribution in [0.15, 0.2) is 0 Å². The van der Waals surface area contributed by atoms with E-state index in [2.05, 4.69) is 9.80 Å². The summed E-state index contributed by atoms with van der Waals surface area (Å²) < 4.78 is 0. The molecule has 2 amide bonds. The van der Waals surface area contributed by atoms with E-state index < -0.39 is 0 Å². The van der Waals surface area contributed by atoms with E-state index in [0.29, 0.717) is 11.8 Å². The lowest BCUT2D eigenvalue weighted by molar-refractivity contribution is -0.160. The fourth-order valence-electron chi connectivity index (χ4n) is 7.41. The van der Waals surface area contributed by atoms with Crippen LogP contribution in [-0.2, 0) is 9.59 Å². The number of nitrogens with zero attached hydrogens (tertiary/aromatic N) is 2. The third kappa shape index (κ3) is 2.88. The average molecular weight is 359 g/mol. The van der Waals surface area contributed by atoms with Crippen molar-refractivity contribution in [2.24, 2.45) is 29.1 Å². The van der Waals surface area contributed by atoms with E-state index in [0.717, 1.165) is 88.9 Å². The molecular weight excluding hydrogens is 324 g/mol. The van der Waals surface area contributed by atoms with Crippen molar-refractivity contribution in [1.29, 1.82) is 0 Å². The van der Waals surface area contributed by atoms with Crippen LogP contribution in [0.1, 0.15) is 70.6 Å². The van der Waals surface area contributed by atoms with Gasteiger partial charge in [0.1, 0.15) is 0 Å². The Hall–Kier alpha value is -1.06. The Kier molecular flexibility index (Phi) is 4.28. The highest BCUT2D eigenvalue weighted by molar-refractivity contribution is 5.84. The third-order valence-electron chi connectivity index (χ3n) is 8.29. The number of carbonyl (C=O) groups is 2. The number of amides is 2. The van der Waals surface area contributed by atoms with Crippen LogP contribution in [-0.4, -0.2) is 47.8 Å². The molecule has 2 heterocycles. The number of piperidine rings is 2. The predicted octanol–water partition coefficient (Wildman–Crippen LogP) is 3.45. The fraction of sp³-hybridized carbons (Fsp3) is 0.909. The van der Waals surface area contributed by atoms with Gasteiger partial charge in [-0.2, -0.15) is 0 Å². The molecule has 0 N–H and O–H groups in total. The van der Waals surface area contributed by atoms with Crippen molar-refractivity contribution in [2.75, 3.05) is 26.2 Å². The largest absolute Gasteiger partial charge is 0.342 e. The molecule has 0 aromatic carbocycles. The van der Waals surface area contributed by atoms with Crippen LogP contribution in [0.5, 0.6) is 0 Å². The molecule has 0 aromatic heterocycles. The lowest BCUT2D eigenvalue weighted by atomic mass is 9.49. The third-order valence-corrected chi connectivity index (χ3v) is 8.29. The molecule has 6 aliphatic rings. The Morgan fingerprint density at radius 2 is 1.23 bits per heavy atom. The highest BCUT2D eigenvalue weighted by Gasteiger charge is 2.55. The first-order valence-electron chi connectivity index (χ1n) is 11.2. The van der Waals surface area contributed by atoms with Gasteiger partial charge in [-0.05, 0) is 88.4 Å². The Morgan fingerprint density at radius 3 is 1.77 bits per heavy atom. The fourth-order valence-corrected chi connectivity index (χ4v) is 7.41. The van der Waals surface area contributed by atoms with Gasteiger partial charge in [0.25, 0.3) is 0 Å². The molecule has 4 saturated carbocycles. The Morgan fingerprint density at radius 1 is 0.692 bits per heavy atom. The van der Waals surface area contributed by atoms with E-state index >= 15 is 0 Å². The van der Waals surface area contributed by atoms with Crippen LogP contribution >= 0.6 is 0 Å². The van der Waals surface area contributed by atoms with E-state index in [9.17, 15) is 9.59 Å². The van der Waals surface area contributed by atoms with Gasteiger partial charge in [0, 0.05) is 32.1 Å². The standard InChI is InChI=1S/C22H34N2O2/c25-20(23-6-2-1-3-7-23)19-4-8-24(9-5-19)21(26)22-13-16-10-17(14-22)12-18(11-16)15-22/h16-19H,1-15H2. The first-order chi connectivity index (χ1) is 12.6. The van der Waals surface area contributed by atoms with Crippen LogP contribution in [0.3, 0.4) is 0 Å². The van der Waals surface area contributed by atoms with Gasteiger partial charge in [0.15, 0.2) is 0 Å². The smallest absolute Gasteiger partial charge is 0.228 e. The number of hydrogen-bond donors (Lipinski definition) is 0. The maximum Gasteiger partial charge on any atom is 0.228 e. The zero-order valence-corrected chi connectivity index (χ0v) is 16.1. The molecule has 0 radical (unpaired) electrons. The minimum Gasteiger partial charge on any atom is -0.342 e. The maximum atomic E-state index is 13.5. The normalized spacial score (nSPS) is 40.1. The molecule has 0 unspecified atom stereocenters. The van der Waals surface area contributed by atoms with Crippen molar-refractivity contribution in [2.45, 2.75) is 70.6 Å². The molecule has 4 nitrogen and oxygen atoms in total. The monoisotopic (exact) mass is 358 g/mol. The van der Waals surface area contributed by atoms with E-state index in [1.54, 1.807) is 0 Å². The Bertz CT molecular complexity index is 537. The molecule has 6 rings (SSSR count). The van der Waals surface area contributed by atoms with E-state index in [1.807, 2.05) is 0 Å². The molecule has 0 spiro atoms. The second-order valence-corrected chi connectivity index (χ2v) is 10.2. The summed E-state index contributed by atoms with van der Waals surface area (Å²) in [4.78, 5) is 30.5.